The third-order valence-corrected chi connectivity index (χ3v) is 7.22. The molecule has 1 heterocycles. The summed E-state index contributed by atoms with van der Waals surface area (Å²) in [6.45, 7) is 2.64. The number of nitrogens with zero attached hydrogens (tertiary/aromatic N) is 1. The zero-order chi connectivity index (χ0) is 26.2. The highest BCUT2D eigenvalue weighted by atomic mass is 16.3. The molecular formula is C32H37NO4. The molecule has 0 aliphatic carbocycles. The molecule has 2 amide bonds. The van der Waals surface area contributed by atoms with Crippen LogP contribution in [-0.4, -0.2) is 33.5 Å². The van der Waals surface area contributed by atoms with Crippen molar-refractivity contribution in [2.45, 2.75) is 71.1 Å². The van der Waals surface area contributed by atoms with Crippen molar-refractivity contribution in [1.29, 1.82) is 0 Å². The molecular weight excluding hydrogens is 462 g/mol. The van der Waals surface area contributed by atoms with Gasteiger partial charge in [-0.3, -0.25) is 14.5 Å². The second-order valence-corrected chi connectivity index (χ2v) is 9.95. The highest BCUT2D eigenvalue weighted by molar-refractivity contribution is 6.26. The molecule has 37 heavy (non-hydrogen) atoms. The molecule has 0 bridgehead atoms. The van der Waals surface area contributed by atoms with Gasteiger partial charge in [-0.2, -0.15) is 0 Å². The number of hydrogen-bond acceptors (Lipinski definition) is 4. The normalized spacial score (nSPS) is 12.8. The van der Waals surface area contributed by atoms with Gasteiger partial charge in [0.25, 0.3) is 11.8 Å². The molecule has 1 aliphatic heterocycles. The van der Waals surface area contributed by atoms with E-state index >= 15 is 0 Å². The Morgan fingerprint density at radius 1 is 0.541 bits per heavy atom. The molecule has 0 radical (unpaired) electrons. The van der Waals surface area contributed by atoms with Crippen LogP contribution in [0.2, 0.25) is 0 Å². The number of imide groups is 1. The van der Waals surface area contributed by atoms with Crippen LogP contribution in [0, 0.1) is 0 Å². The van der Waals surface area contributed by atoms with E-state index in [0.29, 0.717) is 28.8 Å². The number of phenols is 2. The Kier molecular flexibility index (Phi) is 8.99. The zero-order valence-electron chi connectivity index (χ0n) is 21.7. The first-order valence-electron chi connectivity index (χ1n) is 13.6. The van der Waals surface area contributed by atoms with Crippen molar-refractivity contribution in [1.82, 2.24) is 4.90 Å². The minimum absolute atomic E-state index is 0.145. The van der Waals surface area contributed by atoms with Crippen LogP contribution in [0.4, 0.5) is 0 Å². The second-order valence-electron chi connectivity index (χ2n) is 9.95. The van der Waals surface area contributed by atoms with Gasteiger partial charge in [-0.1, -0.05) is 101 Å². The van der Waals surface area contributed by atoms with Crippen molar-refractivity contribution < 1.29 is 19.8 Å². The quantitative estimate of drug-likeness (QED) is 0.185. The van der Waals surface area contributed by atoms with Crippen molar-refractivity contribution in [2.75, 3.05) is 6.54 Å². The van der Waals surface area contributed by atoms with E-state index < -0.39 is 0 Å². The maximum Gasteiger partial charge on any atom is 0.262 e. The van der Waals surface area contributed by atoms with Crippen molar-refractivity contribution in [3.05, 3.63) is 71.8 Å². The first-order valence-corrected chi connectivity index (χ1v) is 13.6. The van der Waals surface area contributed by atoms with Crippen molar-refractivity contribution in [3.63, 3.8) is 0 Å². The highest BCUT2D eigenvalue weighted by Gasteiger charge is 2.39. The van der Waals surface area contributed by atoms with E-state index in [4.69, 9.17) is 0 Å². The van der Waals surface area contributed by atoms with Crippen LogP contribution >= 0.6 is 0 Å². The largest absolute Gasteiger partial charge is 0.508 e. The van der Waals surface area contributed by atoms with Crippen LogP contribution in [0.25, 0.3) is 22.3 Å². The number of benzene rings is 3. The summed E-state index contributed by atoms with van der Waals surface area (Å²) >= 11 is 0. The number of amides is 2. The molecule has 2 N–H and O–H groups in total. The van der Waals surface area contributed by atoms with Gasteiger partial charge in [0.1, 0.15) is 11.5 Å². The summed E-state index contributed by atoms with van der Waals surface area (Å²) in [7, 11) is 0. The zero-order valence-corrected chi connectivity index (χ0v) is 21.7. The molecule has 0 saturated heterocycles. The van der Waals surface area contributed by atoms with Gasteiger partial charge in [0.05, 0.1) is 11.1 Å². The van der Waals surface area contributed by atoms with Gasteiger partial charge in [-0.25, -0.2) is 0 Å². The van der Waals surface area contributed by atoms with E-state index in [1.165, 1.54) is 49.8 Å². The Morgan fingerprint density at radius 3 is 1.32 bits per heavy atom. The van der Waals surface area contributed by atoms with Gasteiger partial charge < -0.3 is 10.2 Å². The Labute approximate surface area is 219 Å². The third-order valence-electron chi connectivity index (χ3n) is 7.22. The van der Waals surface area contributed by atoms with Crippen LogP contribution in [0.1, 0.15) is 91.8 Å². The summed E-state index contributed by atoms with van der Waals surface area (Å²) in [4.78, 5) is 28.6. The van der Waals surface area contributed by atoms with Gasteiger partial charge in [0.2, 0.25) is 0 Å². The number of unbranched alkanes of at least 4 members (excludes halogenated alkanes) is 9. The van der Waals surface area contributed by atoms with Crippen LogP contribution in [0.5, 0.6) is 11.5 Å². The first-order chi connectivity index (χ1) is 18.0. The second kappa shape index (κ2) is 12.6. The minimum Gasteiger partial charge on any atom is -0.508 e. The van der Waals surface area contributed by atoms with Gasteiger partial charge in [-0.05, 0) is 52.9 Å². The lowest BCUT2D eigenvalue weighted by atomic mass is 9.90. The number of aromatic hydroxyl groups is 2. The van der Waals surface area contributed by atoms with Gasteiger partial charge in [-0.15, -0.1) is 0 Å². The fourth-order valence-electron chi connectivity index (χ4n) is 5.13. The van der Waals surface area contributed by atoms with E-state index in [0.717, 1.165) is 30.4 Å². The smallest absolute Gasteiger partial charge is 0.262 e. The minimum atomic E-state index is -0.264. The molecule has 5 heteroatoms. The SMILES string of the molecule is CCCCCCCCCCCCN1C(=O)c2c(-c3ccc(O)cc3)ccc(-c3ccc(O)cc3)c2C1=O. The van der Waals surface area contributed by atoms with Gasteiger partial charge in [0.15, 0.2) is 0 Å². The lowest BCUT2D eigenvalue weighted by Gasteiger charge is -2.14. The molecule has 0 atom stereocenters. The van der Waals surface area contributed by atoms with Crippen LogP contribution in [0.3, 0.4) is 0 Å². The average molecular weight is 500 g/mol. The fraction of sp³-hybridized carbons (Fsp3) is 0.375. The predicted octanol–water partition coefficient (Wildman–Crippen LogP) is 7.95. The molecule has 194 valence electrons. The van der Waals surface area contributed by atoms with E-state index in [1.807, 2.05) is 12.1 Å². The van der Waals surface area contributed by atoms with Crippen molar-refractivity contribution in [2.24, 2.45) is 0 Å². The Balaban J connectivity index is 1.50. The molecule has 4 rings (SSSR count). The maximum atomic E-state index is 13.6. The summed E-state index contributed by atoms with van der Waals surface area (Å²) in [6, 6.07) is 17.1. The number of phenolic OH excluding ortho intramolecular Hbond substituents is 2. The summed E-state index contributed by atoms with van der Waals surface area (Å²) in [5.74, 6) is -0.239. The van der Waals surface area contributed by atoms with Gasteiger partial charge >= 0.3 is 0 Å². The molecule has 0 unspecified atom stereocenters. The molecule has 0 aromatic heterocycles. The number of rotatable bonds is 13. The Bertz CT molecular complexity index is 1130. The number of carbonyl (C=O) groups is 2. The maximum absolute atomic E-state index is 13.6. The van der Waals surface area contributed by atoms with Crippen molar-refractivity contribution in [3.8, 4) is 33.8 Å². The Morgan fingerprint density at radius 2 is 0.919 bits per heavy atom. The molecule has 3 aromatic carbocycles. The van der Waals surface area contributed by atoms with E-state index in [-0.39, 0.29) is 23.3 Å². The molecule has 3 aromatic rings. The molecule has 1 aliphatic rings. The van der Waals surface area contributed by atoms with E-state index in [1.54, 1.807) is 48.5 Å². The van der Waals surface area contributed by atoms with Crippen molar-refractivity contribution >= 4 is 11.8 Å². The molecule has 0 saturated carbocycles. The molecule has 0 fully saturated rings. The fourth-order valence-corrected chi connectivity index (χ4v) is 5.13. The molecule has 0 spiro atoms. The summed E-state index contributed by atoms with van der Waals surface area (Å²) in [6.07, 6.45) is 11.9. The summed E-state index contributed by atoms with van der Waals surface area (Å²) < 4.78 is 0. The number of fused-ring (bicyclic) bond motifs is 1. The highest BCUT2D eigenvalue weighted by Crippen LogP contribution is 2.39. The topological polar surface area (TPSA) is 77.8 Å². The predicted molar refractivity (Wildman–Crippen MR) is 148 cm³/mol. The van der Waals surface area contributed by atoms with Gasteiger partial charge in [0, 0.05) is 6.54 Å². The summed E-state index contributed by atoms with van der Waals surface area (Å²) in [5.41, 5.74) is 3.73. The molecule has 5 nitrogen and oxygen atoms in total. The lowest BCUT2D eigenvalue weighted by molar-refractivity contribution is 0.0652. The van der Waals surface area contributed by atoms with Crippen LogP contribution in [0.15, 0.2) is 60.7 Å². The van der Waals surface area contributed by atoms with Crippen LogP contribution in [-0.2, 0) is 0 Å². The average Bonchev–Trinajstić information content (AvgIpc) is 3.16. The van der Waals surface area contributed by atoms with E-state index in [9.17, 15) is 19.8 Å². The Hall–Kier alpha value is -3.60. The van der Waals surface area contributed by atoms with E-state index in [2.05, 4.69) is 6.92 Å². The lowest BCUT2D eigenvalue weighted by Crippen LogP contribution is -2.30. The van der Waals surface area contributed by atoms with Crippen LogP contribution < -0.4 is 0 Å². The number of carbonyl (C=O) groups excluding carboxylic acids is 2. The standard InChI is InChI=1S/C32H37NO4/c1-2-3-4-5-6-7-8-9-10-11-22-33-31(36)29-27(23-12-16-25(34)17-13-23)20-21-28(30(29)32(33)37)24-14-18-26(35)19-15-24/h12-21,34-35H,2-11,22H2,1H3. The first kappa shape index (κ1) is 26.5. The number of hydrogen-bond donors (Lipinski definition) is 2. The monoisotopic (exact) mass is 499 g/mol. The third kappa shape index (κ3) is 6.22. The summed E-state index contributed by atoms with van der Waals surface area (Å²) in [5, 5.41) is 19.4.